The predicted molar refractivity (Wildman–Crippen MR) is 121 cm³/mol. The molecule has 29 heavy (non-hydrogen) atoms. The summed E-state index contributed by atoms with van der Waals surface area (Å²) in [6.45, 7) is 2.88. The van der Waals surface area contributed by atoms with Crippen molar-refractivity contribution in [1.29, 1.82) is 0 Å². The summed E-state index contributed by atoms with van der Waals surface area (Å²) in [5.41, 5.74) is 3.13. The lowest BCUT2D eigenvalue weighted by molar-refractivity contribution is 0.265. The van der Waals surface area contributed by atoms with E-state index in [2.05, 4.69) is 10.3 Å². The summed E-state index contributed by atoms with van der Waals surface area (Å²) in [6.07, 6.45) is 0.540. The van der Waals surface area contributed by atoms with Crippen LogP contribution in [-0.2, 0) is 6.54 Å². The number of para-hydroxylation sites is 2. The van der Waals surface area contributed by atoms with E-state index in [1.54, 1.807) is 7.11 Å². The molecule has 0 amide bonds. The number of anilines is 1. The molecule has 0 fully saturated rings. The fourth-order valence-electron chi connectivity index (χ4n) is 3.14. The highest BCUT2D eigenvalue weighted by molar-refractivity contribution is 7.80. The van der Waals surface area contributed by atoms with Crippen LogP contribution in [0.2, 0.25) is 0 Å². The van der Waals surface area contributed by atoms with Crippen molar-refractivity contribution in [3.63, 3.8) is 0 Å². The zero-order valence-corrected chi connectivity index (χ0v) is 17.4. The molecule has 3 N–H and O–H groups in total. The number of aliphatic hydroxyl groups is 1. The third-order valence-electron chi connectivity index (χ3n) is 4.66. The number of aromatic nitrogens is 1. The van der Waals surface area contributed by atoms with Crippen LogP contribution in [0.5, 0.6) is 5.75 Å². The first-order valence-electron chi connectivity index (χ1n) is 9.44. The fourth-order valence-corrected chi connectivity index (χ4v) is 3.41. The summed E-state index contributed by atoms with van der Waals surface area (Å²) in [4.78, 5) is 17.4. The molecule has 3 rings (SSSR count). The summed E-state index contributed by atoms with van der Waals surface area (Å²) < 4.78 is 5.37. The number of benzene rings is 2. The summed E-state index contributed by atoms with van der Waals surface area (Å²) in [5, 5.41) is 13.9. The van der Waals surface area contributed by atoms with Gasteiger partial charge in [0.1, 0.15) is 5.75 Å². The number of pyridine rings is 1. The highest BCUT2D eigenvalue weighted by Crippen LogP contribution is 2.24. The molecule has 0 saturated heterocycles. The van der Waals surface area contributed by atoms with Crippen LogP contribution in [0.25, 0.3) is 10.9 Å². The van der Waals surface area contributed by atoms with Gasteiger partial charge in [-0.15, -0.1) is 0 Å². The van der Waals surface area contributed by atoms with E-state index < -0.39 is 0 Å². The largest absolute Gasteiger partial charge is 0.495 e. The van der Waals surface area contributed by atoms with Gasteiger partial charge in [0.25, 0.3) is 5.56 Å². The molecule has 1 aromatic heterocycles. The average Bonchev–Trinajstić information content (AvgIpc) is 2.71. The molecule has 152 valence electrons. The topological polar surface area (TPSA) is 77.6 Å². The van der Waals surface area contributed by atoms with Gasteiger partial charge in [-0.25, -0.2) is 0 Å². The molecule has 3 aromatic rings. The van der Waals surface area contributed by atoms with E-state index >= 15 is 0 Å². The predicted octanol–water partition coefficient (Wildman–Crippen LogP) is 3.43. The number of fused-ring (bicyclic) bond motifs is 1. The standard InChI is InChI=1S/C22H25N3O3S/c1-15-8-9-16-13-17(21(27)23-19(16)12-15)14-25(10-5-11-26)22(29)24-18-6-3-4-7-20(18)28-2/h3-4,6-9,12-13,26H,5,10-11,14H2,1-2H3,(H,23,27)(H,24,29). The van der Waals surface area contributed by atoms with Crippen LogP contribution in [0.4, 0.5) is 5.69 Å². The minimum Gasteiger partial charge on any atom is -0.495 e. The van der Waals surface area contributed by atoms with Crippen LogP contribution in [0.15, 0.2) is 53.3 Å². The lowest BCUT2D eigenvalue weighted by Gasteiger charge is -2.26. The van der Waals surface area contributed by atoms with Crippen molar-refractivity contribution in [1.82, 2.24) is 9.88 Å². The number of thiocarbonyl (C=S) groups is 1. The minimum absolute atomic E-state index is 0.0428. The Labute approximate surface area is 175 Å². The number of aromatic amines is 1. The van der Waals surface area contributed by atoms with Crippen molar-refractivity contribution in [2.75, 3.05) is 25.6 Å². The number of nitrogens with zero attached hydrogens (tertiary/aromatic N) is 1. The second-order valence-electron chi connectivity index (χ2n) is 6.84. The van der Waals surface area contributed by atoms with Gasteiger partial charge in [0, 0.05) is 24.2 Å². The number of hydrogen-bond acceptors (Lipinski definition) is 4. The van der Waals surface area contributed by atoms with Gasteiger partial charge in [-0.05, 0) is 60.8 Å². The minimum atomic E-state index is -0.141. The molecule has 2 aromatic carbocycles. The molecule has 1 heterocycles. The van der Waals surface area contributed by atoms with Crippen molar-refractivity contribution < 1.29 is 9.84 Å². The number of aliphatic hydroxyl groups excluding tert-OH is 1. The van der Waals surface area contributed by atoms with E-state index in [0.717, 1.165) is 22.2 Å². The molecular weight excluding hydrogens is 386 g/mol. The summed E-state index contributed by atoms with van der Waals surface area (Å²) in [7, 11) is 1.60. The Morgan fingerprint density at radius 2 is 2.03 bits per heavy atom. The Hall–Kier alpha value is -2.90. The van der Waals surface area contributed by atoms with Crippen LogP contribution in [-0.4, -0.2) is 40.4 Å². The highest BCUT2D eigenvalue weighted by Gasteiger charge is 2.15. The van der Waals surface area contributed by atoms with Gasteiger partial charge < -0.3 is 25.0 Å². The molecule has 0 radical (unpaired) electrons. The van der Waals surface area contributed by atoms with Gasteiger partial charge in [0.05, 0.1) is 19.3 Å². The van der Waals surface area contributed by atoms with Gasteiger partial charge >= 0.3 is 0 Å². The zero-order chi connectivity index (χ0) is 20.8. The molecule has 0 atom stereocenters. The number of aryl methyl sites for hydroxylation is 1. The van der Waals surface area contributed by atoms with Crippen molar-refractivity contribution in [3.8, 4) is 5.75 Å². The maximum Gasteiger partial charge on any atom is 0.253 e. The molecule has 0 unspecified atom stereocenters. The summed E-state index contributed by atoms with van der Waals surface area (Å²) in [5.74, 6) is 0.677. The van der Waals surface area contributed by atoms with E-state index in [9.17, 15) is 9.90 Å². The molecule has 0 saturated carbocycles. The molecular formula is C22H25N3O3S. The number of hydrogen-bond donors (Lipinski definition) is 3. The van der Waals surface area contributed by atoms with Crippen molar-refractivity contribution in [2.24, 2.45) is 0 Å². The first-order valence-corrected chi connectivity index (χ1v) is 9.85. The maximum atomic E-state index is 12.6. The normalized spacial score (nSPS) is 10.7. The Kier molecular flexibility index (Phi) is 6.85. The lowest BCUT2D eigenvalue weighted by atomic mass is 10.1. The number of H-pyrrole nitrogens is 1. The zero-order valence-electron chi connectivity index (χ0n) is 16.6. The summed E-state index contributed by atoms with van der Waals surface area (Å²) in [6, 6.07) is 15.4. The Morgan fingerprint density at radius 1 is 1.24 bits per heavy atom. The van der Waals surface area contributed by atoms with Gasteiger partial charge in [-0.3, -0.25) is 4.79 Å². The Bertz CT molecular complexity index is 1060. The second kappa shape index (κ2) is 9.54. The Morgan fingerprint density at radius 3 is 2.79 bits per heavy atom. The molecule has 0 aliphatic carbocycles. The van der Waals surface area contributed by atoms with E-state index in [1.807, 2.05) is 60.4 Å². The number of methoxy groups -OCH3 is 1. The average molecular weight is 412 g/mol. The van der Waals surface area contributed by atoms with Gasteiger partial charge in [-0.1, -0.05) is 24.3 Å². The van der Waals surface area contributed by atoms with Crippen molar-refractivity contribution in [3.05, 3.63) is 70.0 Å². The number of nitrogens with one attached hydrogen (secondary N) is 2. The maximum absolute atomic E-state index is 12.6. The smallest absolute Gasteiger partial charge is 0.253 e. The second-order valence-corrected chi connectivity index (χ2v) is 7.23. The number of rotatable bonds is 7. The van der Waals surface area contributed by atoms with E-state index in [4.69, 9.17) is 17.0 Å². The number of ether oxygens (including phenoxy) is 1. The third kappa shape index (κ3) is 5.13. The van der Waals surface area contributed by atoms with Gasteiger partial charge in [0.15, 0.2) is 5.11 Å². The van der Waals surface area contributed by atoms with E-state index in [0.29, 0.717) is 35.9 Å². The molecule has 6 nitrogen and oxygen atoms in total. The first kappa shape index (κ1) is 20.8. The van der Waals surface area contributed by atoms with Crippen LogP contribution in [0, 0.1) is 6.92 Å². The van der Waals surface area contributed by atoms with Crippen molar-refractivity contribution in [2.45, 2.75) is 19.9 Å². The van der Waals surface area contributed by atoms with Crippen LogP contribution in [0.1, 0.15) is 17.5 Å². The molecule has 0 spiro atoms. The van der Waals surface area contributed by atoms with Crippen LogP contribution in [0.3, 0.4) is 0 Å². The van der Waals surface area contributed by atoms with Crippen LogP contribution < -0.4 is 15.6 Å². The fraction of sp³-hybridized carbons (Fsp3) is 0.273. The third-order valence-corrected chi connectivity index (χ3v) is 5.02. The first-order chi connectivity index (χ1) is 14.0. The highest BCUT2D eigenvalue weighted by atomic mass is 32.1. The van der Waals surface area contributed by atoms with Crippen molar-refractivity contribution >= 4 is 33.9 Å². The Balaban J connectivity index is 1.86. The quantitative estimate of drug-likeness (QED) is 0.517. The molecule has 7 heteroatoms. The van der Waals surface area contributed by atoms with Gasteiger partial charge in [-0.2, -0.15) is 0 Å². The van der Waals surface area contributed by atoms with E-state index in [1.165, 1.54) is 0 Å². The molecule has 0 aliphatic heterocycles. The lowest BCUT2D eigenvalue weighted by Crippen LogP contribution is -2.37. The monoisotopic (exact) mass is 411 g/mol. The molecule has 0 bridgehead atoms. The van der Waals surface area contributed by atoms with Gasteiger partial charge in [0.2, 0.25) is 0 Å². The summed E-state index contributed by atoms with van der Waals surface area (Å²) >= 11 is 5.60. The SMILES string of the molecule is COc1ccccc1NC(=S)N(CCCO)Cc1cc2ccc(C)cc2[nH]c1=O. The van der Waals surface area contributed by atoms with E-state index in [-0.39, 0.29) is 12.2 Å². The van der Waals surface area contributed by atoms with Crippen LogP contribution >= 0.6 is 12.2 Å². The molecule has 0 aliphatic rings.